The van der Waals surface area contributed by atoms with Crippen molar-refractivity contribution in [3.05, 3.63) is 0 Å². The van der Waals surface area contributed by atoms with Gasteiger partial charge in [-0.3, -0.25) is 0 Å². The second kappa shape index (κ2) is 4.62. The number of unbranched alkanes of at least 4 members (excludes halogenated alkanes) is 1. The summed E-state index contributed by atoms with van der Waals surface area (Å²) in [4.78, 5) is 0. The fourth-order valence-electron chi connectivity index (χ4n) is 2.19. The lowest BCUT2D eigenvalue weighted by Crippen LogP contribution is -2.36. The van der Waals surface area contributed by atoms with E-state index in [-0.39, 0.29) is 6.10 Å². The zero-order valence-corrected chi connectivity index (χ0v) is 8.42. The normalized spacial score (nSPS) is 34.1. The Morgan fingerprint density at radius 3 is 2.85 bits per heavy atom. The predicted molar refractivity (Wildman–Crippen MR) is 52.0 cm³/mol. The second-order valence-electron chi connectivity index (χ2n) is 4.13. The van der Waals surface area contributed by atoms with Crippen molar-refractivity contribution in [3.63, 3.8) is 0 Å². The molecule has 2 nitrogen and oxygen atoms in total. The molecule has 1 saturated carbocycles. The lowest BCUT2D eigenvalue weighted by atomic mass is 9.70. The molecule has 1 fully saturated rings. The Morgan fingerprint density at radius 2 is 2.31 bits per heavy atom. The first kappa shape index (κ1) is 10.5. The van der Waals surface area contributed by atoms with E-state index in [0.717, 1.165) is 44.9 Å². The van der Waals surface area contributed by atoms with Gasteiger partial charge in [-0.15, -0.1) is 0 Å². The van der Waals surface area contributed by atoms with Crippen LogP contribution in [0.5, 0.6) is 0 Å². The third-order valence-electron chi connectivity index (χ3n) is 3.19. The average Bonchev–Trinajstić information content (AvgIpc) is 2.17. The van der Waals surface area contributed by atoms with Gasteiger partial charge in [0.05, 0.1) is 17.6 Å². The molecule has 1 rings (SSSR count). The summed E-state index contributed by atoms with van der Waals surface area (Å²) < 4.78 is 0. The quantitative estimate of drug-likeness (QED) is 0.727. The molecule has 0 spiro atoms. The van der Waals surface area contributed by atoms with E-state index in [1.807, 2.05) is 0 Å². The highest BCUT2D eigenvalue weighted by molar-refractivity contribution is 5.05. The van der Waals surface area contributed by atoms with E-state index >= 15 is 0 Å². The largest absolute Gasteiger partial charge is 0.391 e. The van der Waals surface area contributed by atoms with Crippen LogP contribution in [0.3, 0.4) is 0 Å². The predicted octanol–water partition coefficient (Wildman–Crippen LogP) is 2.62. The Hall–Kier alpha value is -0.550. The molecular weight excluding hydrogens is 162 g/mol. The molecule has 0 aromatic heterocycles. The van der Waals surface area contributed by atoms with Crippen LogP contribution in [0.1, 0.15) is 51.9 Å². The number of aliphatic hydroxyl groups is 1. The van der Waals surface area contributed by atoms with Gasteiger partial charge < -0.3 is 5.11 Å². The first-order chi connectivity index (χ1) is 6.25. The third-order valence-corrected chi connectivity index (χ3v) is 3.19. The summed E-state index contributed by atoms with van der Waals surface area (Å²) in [6, 6.07) is 2.35. The van der Waals surface area contributed by atoms with Gasteiger partial charge >= 0.3 is 0 Å². The number of rotatable bonds is 3. The summed E-state index contributed by atoms with van der Waals surface area (Å²) in [5, 5.41) is 19.0. The van der Waals surface area contributed by atoms with E-state index in [2.05, 4.69) is 13.0 Å². The zero-order chi connectivity index (χ0) is 9.73. The highest BCUT2D eigenvalue weighted by Gasteiger charge is 2.39. The summed E-state index contributed by atoms with van der Waals surface area (Å²) in [5.74, 6) is 0. The van der Waals surface area contributed by atoms with E-state index < -0.39 is 5.41 Å². The van der Waals surface area contributed by atoms with Crippen molar-refractivity contribution >= 4 is 0 Å². The van der Waals surface area contributed by atoms with E-state index in [0.29, 0.717) is 0 Å². The van der Waals surface area contributed by atoms with Crippen LogP contribution in [0, 0.1) is 16.7 Å². The minimum Gasteiger partial charge on any atom is -0.391 e. The van der Waals surface area contributed by atoms with Crippen molar-refractivity contribution in [2.45, 2.75) is 58.0 Å². The first-order valence-electron chi connectivity index (χ1n) is 5.34. The van der Waals surface area contributed by atoms with E-state index in [4.69, 9.17) is 5.26 Å². The summed E-state index contributed by atoms with van der Waals surface area (Å²) in [7, 11) is 0. The minimum atomic E-state index is -0.408. The Morgan fingerprint density at radius 1 is 1.54 bits per heavy atom. The van der Waals surface area contributed by atoms with Crippen molar-refractivity contribution in [2.24, 2.45) is 5.41 Å². The van der Waals surface area contributed by atoms with Gasteiger partial charge in [-0.05, 0) is 19.3 Å². The maximum absolute atomic E-state index is 9.82. The van der Waals surface area contributed by atoms with Crippen LogP contribution in [0.25, 0.3) is 0 Å². The Balaban J connectivity index is 2.60. The fourth-order valence-corrected chi connectivity index (χ4v) is 2.19. The molecule has 0 radical (unpaired) electrons. The smallest absolute Gasteiger partial charge is 0.0832 e. The summed E-state index contributed by atoms with van der Waals surface area (Å²) >= 11 is 0. The van der Waals surface area contributed by atoms with Crippen LogP contribution >= 0.6 is 0 Å². The van der Waals surface area contributed by atoms with Crippen LogP contribution in [0.4, 0.5) is 0 Å². The molecule has 2 heteroatoms. The fraction of sp³-hybridized carbons (Fsp3) is 0.909. The van der Waals surface area contributed by atoms with Crippen molar-refractivity contribution < 1.29 is 5.11 Å². The lowest BCUT2D eigenvalue weighted by molar-refractivity contribution is 0.0192. The highest BCUT2D eigenvalue weighted by atomic mass is 16.3. The Bertz CT molecular complexity index is 197. The summed E-state index contributed by atoms with van der Waals surface area (Å²) in [6.45, 7) is 2.13. The first-order valence-corrected chi connectivity index (χ1v) is 5.34. The molecule has 0 aliphatic heterocycles. The van der Waals surface area contributed by atoms with Crippen LogP contribution in [-0.4, -0.2) is 11.2 Å². The number of aliphatic hydroxyl groups excluding tert-OH is 1. The summed E-state index contributed by atoms with van der Waals surface area (Å²) in [5.41, 5.74) is -0.408. The van der Waals surface area contributed by atoms with E-state index in [9.17, 15) is 5.11 Å². The number of nitriles is 1. The number of nitrogens with zero attached hydrogens (tertiary/aromatic N) is 1. The van der Waals surface area contributed by atoms with Gasteiger partial charge in [0, 0.05) is 0 Å². The topological polar surface area (TPSA) is 44.0 Å². The molecule has 1 aliphatic rings. The van der Waals surface area contributed by atoms with Gasteiger partial charge in [-0.25, -0.2) is 0 Å². The molecule has 13 heavy (non-hydrogen) atoms. The molecule has 0 aromatic carbocycles. The maximum Gasteiger partial charge on any atom is 0.0832 e. The van der Waals surface area contributed by atoms with E-state index in [1.165, 1.54) is 0 Å². The average molecular weight is 181 g/mol. The van der Waals surface area contributed by atoms with Crippen LogP contribution in [0.2, 0.25) is 0 Å². The maximum atomic E-state index is 9.82. The summed E-state index contributed by atoms with van der Waals surface area (Å²) in [6.07, 6.45) is 6.56. The van der Waals surface area contributed by atoms with Gasteiger partial charge in [0.2, 0.25) is 0 Å². The molecule has 0 aromatic rings. The van der Waals surface area contributed by atoms with Gasteiger partial charge in [0.1, 0.15) is 0 Å². The Kier molecular flexibility index (Phi) is 3.74. The van der Waals surface area contributed by atoms with Gasteiger partial charge in [0.15, 0.2) is 0 Å². The number of hydrogen-bond donors (Lipinski definition) is 1. The van der Waals surface area contributed by atoms with E-state index in [1.54, 1.807) is 0 Å². The van der Waals surface area contributed by atoms with Gasteiger partial charge in [-0.1, -0.05) is 32.6 Å². The Labute approximate surface area is 80.6 Å². The van der Waals surface area contributed by atoms with Crippen molar-refractivity contribution in [1.82, 2.24) is 0 Å². The molecule has 1 aliphatic carbocycles. The zero-order valence-electron chi connectivity index (χ0n) is 8.42. The molecule has 0 bridgehead atoms. The van der Waals surface area contributed by atoms with Gasteiger partial charge in [0.25, 0.3) is 0 Å². The lowest BCUT2D eigenvalue weighted by Gasteiger charge is -2.35. The molecule has 0 amide bonds. The number of hydrogen-bond acceptors (Lipinski definition) is 2. The molecule has 0 saturated heterocycles. The molecule has 0 heterocycles. The van der Waals surface area contributed by atoms with Crippen LogP contribution in [0.15, 0.2) is 0 Å². The molecule has 2 atom stereocenters. The molecule has 2 unspecified atom stereocenters. The van der Waals surface area contributed by atoms with Crippen molar-refractivity contribution in [1.29, 1.82) is 5.26 Å². The van der Waals surface area contributed by atoms with Gasteiger partial charge in [-0.2, -0.15) is 5.26 Å². The standard InChI is InChI=1S/C11H19NO/c1-2-3-7-11(9-12)8-5-4-6-10(11)13/h10,13H,2-8H2,1H3. The molecule has 1 N–H and O–H groups in total. The second-order valence-corrected chi connectivity index (χ2v) is 4.13. The SMILES string of the molecule is CCCCC1(C#N)CCCCC1O. The monoisotopic (exact) mass is 181 g/mol. The van der Waals surface area contributed by atoms with Crippen molar-refractivity contribution in [2.75, 3.05) is 0 Å². The minimum absolute atomic E-state index is 0.377. The van der Waals surface area contributed by atoms with Crippen LogP contribution in [-0.2, 0) is 0 Å². The molecule has 74 valence electrons. The van der Waals surface area contributed by atoms with Crippen molar-refractivity contribution in [3.8, 4) is 6.07 Å². The third kappa shape index (κ3) is 2.22. The molecular formula is C11H19NO. The highest BCUT2D eigenvalue weighted by Crippen LogP contribution is 2.40. The van der Waals surface area contributed by atoms with Crippen LogP contribution < -0.4 is 0 Å².